The molecule has 8 heteroatoms. The Balaban J connectivity index is 4.24. The lowest BCUT2D eigenvalue weighted by molar-refractivity contribution is -0.887. The van der Waals surface area contributed by atoms with Gasteiger partial charge in [-0.15, -0.1) is 0 Å². The summed E-state index contributed by atoms with van der Waals surface area (Å²) >= 11 is 0. The number of esters is 2. The molecular formula is C55H98NO7+. The van der Waals surface area contributed by atoms with E-state index in [-0.39, 0.29) is 36.2 Å². The van der Waals surface area contributed by atoms with Crippen molar-refractivity contribution in [1.29, 1.82) is 0 Å². The van der Waals surface area contributed by atoms with Crippen LogP contribution in [0.25, 0.3) is 0 Å². The van der Waals surface area contributed by atoms with Gasteiger partial charge in [-0.2, -0.15) is 0 Å². The van der Waals surface area contributed by atoms with Crippen molar-refractivity contribution in [2.45, 2.75) is 231 Å². The first-order chi connectivity index (χ1) is 30.6. The largest absolute Gasteiger partial charge is 0.477 e. The summed E-state index contributed by atoms with van der Waals surface area (Å²) in [5.74, 6) is -1.47. The van der Waals surface area contributed by atoms with Gasteiger partial charge in [0, 0.05) is 19.3 Å². The molecule has 0 aromatic carbocycles. The number of hydrogen-bond acceptors (Lipinski definition) is 6. The van der Waals surface area contributed by atoms with Gasteiger partial charge in [0.25, 0.3) is 0 Å². The molecule has 0 aliphatic heterocycles. The maximum Gasteiger partial charge on any atom is 0.362 e. The van der Waals surface area contributed by atoms with E-state index in [1.165, 1.54) is 128 Å². The monoisotopic (exact) mass is 885 g/mol. The fraction of sp³-hybridized carbons (Fsp3) is 0.764. The third-order valence-electron chi connectivity index (χ3n) is 11.4. The van der Waals surface area contributed by atoms with E-state index < -0.39 is 18.1 Å². The van der Waals surface area contributed by atoms with Crippen molar-refractivity contribution in [3.63, 3.8) is 0 Å². The number of rotatable bonds is 46. The van der Waals surface area contributed by atoms with Crippen molar-refractivity contribution in [2.75, 3.05) is 41.0 Å². The van der Waals surface area contributed by atoms with Gasteiger partial charge in [0.2, 0.25) is 0 Å². The standard InChI is InChI=1S/C55H97NO7/c1-6-8-10-12-14-16-18-20-22-24-26-28-29-31-33-35-37-39-41-43-45-53(57)62-50-51(49-61-48-47-52(55(59)60)56(3,4)5)63-54(58)46-44-42-40-38-36-34-32-30-27-25-23-21-19-17-15-13-11-9-7-2/h8,10,14-17,19-22,51-52H,6-7,9,11-13,18,23-50H2,1-5H3/p+1/b10-8+,16-14+,17-15+,21-19+,22-20+. The van der Waals surface area contributed by atoms with Crippen LogP contribution in [0.4, 0.5) is 0 Å². The quantitative estimate of drug-likeness (QED) is 0.0214. The first kappa shape index (κ1) is 60.0. The van der Waals surface area contributed by atoms with Crippen molar-refractivity contribution >= 4 is 17.9 Å². The number of allylic oxidation sites excluding steroid dienone is 10. The van der Waals surface area contributed by atoms with Crippen LogP contribution in [0, 0.1) is 0 Å². The van der Waals surface area contributed by atoms with E-state index in [0.717, 1.165) is 57.8 Å². The molecule has 2 unspecified atom stereocenters. The van der Waals surface area contributed by atoms with E-state index in [4.69, 9.17) is 14.2 Å². The SMILES string of the molecule is CC/C=C/C/C=C/C/C=C/CCCCCCCCCCCCC(=O)OCC(COCCC(C(=O)O)[N+](C)(C)C)OC(=O)CCCCCCCCCCCC/C=C/C=C/CCCCC. The third kappa shape index (κ3) is 44.0. The van der Waals surface area contributed by atoms with Gasteiger partial charge in [0.15, 0.2) is 12.1 Å². The Bertz CT molecular complexity index is 1210. The van der Waals surface area contributed by atoms with Crippen molar-refractivity contribution in [3.8, 4) is 0 Å². The maximum absolute atomic E-state index is 12.8. The van der Waals surface area contributed by atoms with Crippen LogP contribution in [0.3, 0.4) is 0 Å². The Kier molecular flexibility index (Phi) is 43.4. The third-order valence-corrected chi connectivity index (χ3v) is 11.4. The van der Waals surface area contributed by atoms with Crippen molar-refractivity contribution in [3.05, 3.63) is 60.8 Å². The Morgan fingerprint density at radius 3 is 1.41 bits per heavy atom. The molecule has 8 nitrogen and oxygen atoms in total. The van der Waals surface area contributed by atoms with Crippen LogP contribution in [-0.4, -0.2) is 80.6 Å². The highest BCUT2D eigenvalue weighted by Crippen LogP contribution is 2.15. The molecule has 0 aromatic heterocycles. The Hall–Kier alpha value is -2.97. The molecule has 0 rings (SSSR count). The molecule has 0 amide bonds. The number of carboxylic acid groups (broad SMARTS) is 1. The topological polar surface area (TPSA) is 99.1 Å². The van der Waals surface area contributed by atoms with E-state index in [1.54, 1.807) is 0 Å². The molecule has 0 aliphatic carbocycles. The molecule has 1 N–H and O–H groups in total. The lowest BCUT2D eigenvalue weighted by Crippen LogP contribution is -2.50. The number of aliphatic carboxylic acids is 1. The summed E-state index contributed by atoms with van der Waals surface area (Å²) < 4.78 is 17.4. The number of nitrogens with zero attached hydrogens (tertiary/aromatic N) is 1. The van der Waals surface area contributed by atoms with Gasteiger partial charge in [-0.1, -0.05) is 190 Å². The predicted octanol–water partition coefficient (Wildman–Crippen LogP) is 14.9. The zero-order chi connectivity index (χ0) is 46.3. The highest BCUT2D eigenvalue weighted by Gasteiger charge is 2.31. The molecule has 0 spiro atoms. The van der Waals surface area contributed by atoms with Gasteiger partial charge in [0.1, 0.15) is 6.61 Å². The second kappa shape index (κ2) is 45.6. The summed E-state index contributed by atoms with van der Waals surface area (Å²) in [4.78, 5) is 37.2. The van der Waals surface area contributed by atoms with Crippen LogP contribution in [0.1, 0.15) is 219 Å². The van der Waals surface area contributed by atoms with Gasteiger partial charge >= 0.3 is 17.9 Å². The highest BCUT2D eigenvalue weighted by atomic mass is 16.6. The second-order valence-corrected chi connectivity index (χ2v) is 18.4. The number of carboxylic acids is 1. The van der Waals surface area contributed by atoms with Crippen LogP contribution in [0.5, 0.6) is 0 Å². The van der Waals surface area contributed by atoms with E-state index in [1.807, 2.05) is 21.1 Å². The Morgan fingerprint density at radius 2 is 0.937 bits per heavy atom. The fourth-order valence-corrected chi connectivity index (χ4v) is 7.45. The first-order valence-electron chi connectivity index (χ1n) is 25.8. The van der Waals surface area contributed by atoms with Gasteiger partial charge in [-0.3, -0.25) is 9.59 Å². The van der Waals surface area contributed by atoms with Crippen LogP contribution in [-0.2, 0) is 28.6 Å². The van der Waals surface area contributed by atoms with Crippen LogP contribution in [0.15, 0.2) is 60.8 Å². The summed E-state index contributed by atoms with van der Waals surface area (Å²) in [6, 6.07) is -0.618. The number of quaternary nitrogens is 1. The Labute approximate surface area is 388 Å². The van der Waals surface area contributed by atoms with Gasteiger partial charge < -0.3 is 23.8 Å². The predicted molar refractivity (Wildman–Crippen MR) is 266 cm³/mol. The molecule has 0 heterocycles. The summed E-state index contributed by atoms with van der Waals surface area (Å²) in [6.07, 6.45) is 56.9. The molecule has 0 aromatic rings. The van der Waals surface area contributed by atoms with Crippen molar-refractivity contribution in [2.24, 2.45) is 0 Å². The summed E-state index contributed by atoms with van der Waals surface area (Å²) in [7, 11) is 5.53. The Morgan fingerprint density at radius 1 is 0.508 bits per heavy atom. The number of ether oxygens (including phenoxy) is 3. The molecular weight excluding hydrogens is 787 g/mol. The molecule has 0 fully saturated rings. The molecule has 0 bridgehead atoms. The minimum atomic E-state index is -0.876. The molecule has 63 heavy (non-hydrogen) atoms. The molecule has 0 radical (unpaired) electrons. The zero-order valence-electron chi connectivity index (χ0n) is 41.5. The van der Waals surface area contributed by atoms with Crippen LogP contribution in [0.2, 0.25) is 0 Å². The van der Waals surface area contributed by atoms with Crippen LogP contribution < -0.4 is 0 Å². The lowest BCUT2D eigenvalue weighted by Gasteiger charge is -2.31. The summed E-state index contributed by atoms with van der Waals surface area (Å²) in [5.41, 5.74) is 0. The highest BCUT2D eigenvalue weighted by molar-refractivity contribution is 5.72. The fourth-order valence-electron chi connectivity index (χ4n) is 7.45. The maximum atomic E-state index is 12.8. The van der Waals surface area contributed by atoms with E-state index in [0.29, 0.717) is 19.3 Å². The molecule has 364 valence electrons. The molecule has 0 aliphatic rings. The summed E-state index contributed by atoms with van der Waals surface area (Å²) in [5, 5.41) is 9.66. The molecule has 2 atom stereocenters. The molecule has 0 saturated heterocycles. The normalized spacial score (nSPS) is 13.3. The number of hydrogen-bond donors (Lipinski definition) is 1. The van der Waals surface area contributed by atoms with E-state index in [9.17, 15) is 19.5 Å². The first-order valence-corrected chi connectivity index (χ1v) is 25.8. The lowest BCUT2D eigenvalue weighted by atomic mass is 10.0. The van der Waals surface area contributed by atoms with Crippen LogP contribution >= 0.6 is 0 Å². The van der Waals surface area contributed by atoms with E-state index in [2.05, 4.69) is 74.6 Å². The van der Waals surface area contributed by atoms with E-state index >= 15 is 0 Å². The number of carbonyl (C=O) groups is 3. The number of unbranched alkanes of at least 4 members (excludes halogenated alkanes) is 23. The minimum Gasteiger partial charge on any atom is -0.477 e. The zero-order valence-corrected chi connectivity index (χ0v) is 41.5. The van der Waals surface area contributed by atoms with Gasteiger partial charge in [0.05, 0.1) is 34.4 Å². The summed E-state index contributed by atoms with van der Waals surface area (Å²) in [6.45, 7) is 4.61. The molecule has 0 saturated carbocycles. The average Bonchev–Trinajstić information content (AvgIpc) is 3.24. The van der Waals surface area contributed by atoms with Crippen molar-refractivity contribution in [1.82, 2.24) is 0 Å². The second-order valence-electron chi connectivity index (χ2n) is 18.4. The minimum absolute atomic E-state index is 0.0552. The number of likely N-dealkylation sites (N-methyl/N-ethyl adjacent to an activating group) is 1. The van der Waals surface area contributed by atoms with Crippen molar-refractivity contribution < 1.29 is 38.2 Å². The number of carbonyl (C=O) groups excluding carboxylic acids is 2. The smallest absolute Gasteiger partial charge is 0.362 e. The van der Waals surface area contributed by atoms with Gasteiger partial charge in [-0.05, 0) is 70.6 Å². The van der Waals surface area contributed by atoms with Gasteiger partial charge in [-0.25, -0.2) is 4.79 Å². The average molecular weight is 885 g/mol.